The molecule has 0 radical (unpaired) electrons. The lowest BCUT2D eigenvalue weighted by Crippen LogP contribution is -2.50. The summed E-state index contributed by atoms with van der Waals surface area (Å²) in [6.45, 7) is 3.05. The molecule has 0 aliphatic carbocycles. The summed E-state index contributed by atoms with van der Waals surface area (Å²) in [5, 5.41) is 4.75. The van der Waals surface area contributed by atoms with Crippen LogP contribution in [0.3, 0.4) is 0 Å². The molecule has 7 heteroatoms. The van der Waals surface area contributed by atoms with E-state index >= 15 is 0 Å². The van der Waals surface area contributed by atoms with Gasteiger partial charge in [0.05, 0.1) is 15.9 Å². The molecule has 1 aromatic carbocycles. The Morgan fingerprint density at radius 2 is 1.83 bits per heavy atom. The maximum Gasteiger partial charge on any atom is 0.254 e. The molecular formula is C17H18BrN3O2S. The summed E-state index contributed by atoms with van der Waals surface area (Å²) in [4.78, 5) is 28.4. The van der Waals surface area contributed by atoms with E-state index in [1.54, 1.807) is 0 Å². The first-order valence-corrected chi connectivity index (χ1v) is 9.39. The molecule has 0 unspecified atom stereocenters. The number of amides is 2. The van der Waals surface area contributed by atoms with Crippen LogP contribution in [0.2, 0.25) is 0 Å². The molecule has 1 fully saturated rings. The number of para-hydroxylation sites is 1. The predicted molar refractivity (Wildman–Crippen MR) is 99.4 cm³/mol. The van der Waals surface area contributed by atoms with Gasteiger partial charge in [-0.3, -0.25) is 14.5 Å². The molecule has 1 N–H and O–H groups in total. The van der Waals surface area contributed by atoms with E-state index in [4.69, 9.17) is 0 Å². The first kappa shape index (κ1) is 17.1. The number of hydrogen-bond acceptors (Lipinski definition) is 4. The molecule has 126 valence electrons. The lowest BCUT2D eigenvalue weighted by molar-refractivity contribution is -0.117. The van der Waals surface area contributed by atoms with Gasteiger partial charge in [-0.25, -0.2) is 0 Å². The minimum absolute atomic E-state index is 0.0252. The second kappa shape index (κ2) is 7.92. The van der Waals surface area contributed by atoms with E-state index in [1.807, 2.05) is 46.7 Å². The fraction of sp³-hybridized carbons (Fsp3) is 0.294. The Balaban J connectivity index is 1.46. The van der Waals surface area contributed by atoms with Gasteiger partial charge < -0.3 is 10.2 Å². The monoisotopic (exact) mass is 407 g/mol. The number of halogens is 1. The summed E-state index contributed by atoms with van der Waals surface area (Å²) >= 11 is 4.90. The quantitative estimate of drug-likeness (QED) is 0.847. The first-order chi connectivity index (χ1) is 11.6. The molecule has 3 rings (SSSR count). The summed E-state index contributed by atoms with van der Waals surface area (Å²) in [5.41, 5.74) is 1.53. The molecular weight excluding hydrogens is 390 g/mol. The van der Waals surface area contributed by atoms with Gasteiger partial charge in [-0.15, -0.1) is 11.3 Å². The van der Waals surface area contributed by atoms with E-state index in [1.165, 1.54) is 11.3 Å². The van der Waals surface area contributed by atoms with Gasteiger partial charge in [-0.2, -0.15) is 0 Å². The van der Waals surface area contributed by atoms with Crippen molar-refractivity contribution in [3.05, 3.63) is 51.1 Å². The normalized spacial score (nSPS) is 15.3. The fourth-order valence-electron chi connectivity index (χ4n) is 2.64. The van der Waals surface area contributed by atoms with Gasteiger partial charge in [-0.1, -0.05) is 18.2 Å². The first-order valence-electron chi connectivity index (χ1n) is 7.72. The highest BCUT2D eigenvalue weighted by Crippen LogP contribution is 2.22. The number of rotatable bonds is 4. The number of anilines is 1. The number of benzene rings is 1. The molecule has 24 heavy (non-hydrogen) atoms. The molecule has 2 aromatic rings. The van der Waals surface area contributed by atoms with Crippen LogP contribution in [-0.2, 0) is 4.79 Å². The summed E-state index contributed by atoms with van der Waals surface area (Å²) in [6, 6.07) is 11.3. The zero-order chi connectivity index (χ0) is 16.9. The average Bonchev–Trinajstić information content (AvgIpc) is 3.02. The third-order valence-electron chi connectivity index (χ3n) is 3.90. The van der Waals surface area contributed by atoms with Crippen LogP contribution in [0.5, 0.6) is 0 Å². The summed E-state index contributed by atoms with van der Waals surface area (Å²) < 4.78 is 0.960. The maximum atomic E-state index is 12.4. The van der Waals surface area contributed by atoms with Crippen molar-refractivity contribution in [1.29, 1.82) is 0 Å². The number of thiophene rings is 1. The van der Waals surface area contributed by atoms with Gasteiger partial charge in [0.25, 0.3) is 5.91 Å². The Kier molecular flexibility index (Phi) is 5.65. The Bertz CT molecular complexity index is 712. The van der Waals surface area contributed by atoms with Crippen LogP contribution < -0.4 is 5.32 Å². The van der Waals surface area contributed by atoms with Crippen molar-refractivity contribution in [2.75, 3.05) is 38.0 Å². The third-order valence-corrected chi connectivity index (χ3v) is 5.40. The van der Waals surface area contributed by atoms with Crippen molar-refractivity contribution in [2.45, 2.75) is 0 Å². The highest BCUT2D eigenvalue weighted by molar-refractivity contribution is 9.11. The van der Waals surface area contributed by atoms with Crippen LogP contribution in [0, 0.1) is 0 Å². The zero-order valence-corrected chi connectivity index (χ0v) is 15.5. The van der Waals surface area contributed by atoms with Crippen LogP contribution >= 0.6 is 27.3 Å². The second-order valence-corrected chi connectivity index (χ2v) is 7.91. The summed E-state index contributed by atoms with van der Waals surface area (Å²) in [6.07, 6.45) is 0. The largest absolute Gasteiger partial charge is 0.336 e. The minimum Gasteiger partial charge on any atom is -0.336 e. The second-order valence-electron chi connectivity index (χ2n) is 5.62. The highest BCUT2D eigenvalue weighted by Gasteiger charge is 2.23. The van der Waals surface area contributed by atoms with Gasteiger partial charge in [0.2, 0.25) is 5.91 Å². The lowest BCUT2D eigenvalue weighted by Gasteiger charge is -2.34. The van der Waals surface area contributed by atoms with Gasteiger partial charge >= 0.3 is 0 Å². The van der Waals surface area contributed by atoms with E-state index < -0.39 is 0 Å². The standard InChI is InChI=1S/C17H18BrN3O2S/c18-15-10-13(12-24-15)17(23)21-8-6-20(7-9-21)11-16(22)19-14-4-2-1-3-5-14/h1-5,10,12H,6-9,11H2,(H,19,22). The van der Waals surface area contributed by atoms with Gasteiger partial charge in [0, 0.05) is 37.2 Å². The van der Waals surface area contributed by atoms with Crippen molar-refractivity contribution in [2.24, 2.45) is 0 Å². The Labute approximate surface area is 153 Å². The fourth-order valence-corrected chi connectivity index (χ4v) is 3.77. The Morgan fingerprint density at radius 1 is 1.12 bits per heavy atom. The zero-order valence-electron chi connectivity index (χ0n) is 13.1. The van der Waals surface area contributed by atoms with Crippen LogP contribution in [0.15, 0.2) is 45.6 Å². The number of hydrogen-bond donors (Lipinski definition) is 1. The number of nitrogens with zero attached hydrogens (tertiary/aromatic N) is 2. The third kappa shape index (κ3) is 4.43. The lowest BCUT2D eigenvalue weighted by atomic mass is 10.2. The molecule has 5 nitrogen and oxygen atoms in total. The van der Waals surface area contributed by atoms with Crippen molar-refractivity contribution >= 4 is 44.8 Å². The van der Waals surface area contributed by atoms with Crippen molar-refractivity contribution < 1.29 is 9.59 Å². The molecule has 0 atom stereocenters. The molecule has 2 heterocycles. The van der Waals surface area contributed by atoms with Gasteiger partial charge in [0.15, 0.2) is 0 Å². The molecule has 0 spiro atoms. The Hall–Kier alpha value is -1.70. The van der Waals surface area contributed by atoms with Crippen molar-refractivity contribution in [3.8, 4) is 0 Å². The van der Waals surface area contributed by atoms with Gasteiger partial charge in [-0.05, 0) is 34.1 Å². The molecule has 0 bridgehead atoms. The number of piperazine rings is 1. The summed E-state index contributed by atoms with van der Waals surface area (Å²) in [7, 11) is 0. The molecule has 1 saturated heterocycles. The van der Waals surface area contributed by atoms with Crippen LogP contribution in [-0.4, -0.2) is 54.3 Å². The predicted octanol–water partition coefficient (Wildman–Crippen LogP) is 2.91. The summed E-state index contributed by atoms with van der Waals surface area (Å²) in [5.74, 6) is 0.0353. The molecule has 1 aliphatic heterocycles. The SMILES string of the molecule is O=C(CN1CCN(C(=O)c2csc(Br)c2)CC1)Nc1ccccc1. The minimum atomic E-state index is -0.0252. The molecule has 1 aromatic heterocycles. The molecule has 1 aliphatic rings. The highest BCUT2D eigenvalue weighted by atomic mass is 79.9. The van der Waals surface area contributed by atoms with Crippen molar-refractivity contribution in [1.82, 2.24) is 9.80 Å². The topological polar surface area (TPSA) is 52.7 Å². The number of nitrogens with one attached hydrogen (secondary N) is 1. The molecule has 0 saturated carbocycles. The van der Waals surface area contributed by atoms with E-state index in [-0.39, 0.29) is 11.8 Å². The number of carbonyl (C=O) groups is 2. The van der Waals surface area contributed by atoms with Crippen LogP contribution in [0.25, 0.3) is 0 Å². The van der Waals surface area contributed by atoms with E-state index in [0.717, 1.165) is 15.0 Å². The van der Waals surface area contributed by atoms with E-state index in [2.05, 4.69) is 26.1 Å². The van der Waals surface area contributed by atoms with E-state index in [9.17, 15) is 9.59 Å². The van der Waals surface area contributed by atoms with Crippen LogP contribution in [0.1, 0.15) is 10.4 Å². The van der Waals surface area contributed by atoms with E-state index in [0.29, 0.717) is 32.7 Å². The average molecular weight is 408 g/mol. The maximum absolute atomic E-state index is 12.4. The van der Waals surface area contributed by atoms with Crippen molar-refractivity contribution in [3.63, 3.8) is 0 Å². The van der Waals surface area contributed by atoms with Gasteiger partial charge in [0.1, 0.15) is 0 Å². The Morgan fingerprint density at radius 3 is 2.46 bits per heavy atom. The molecule has 2 amide bonds. The smallest absolute Gasteiger partial charge is 0.254 e. The number of carbonyl (C=O) groups excluding carboxylic acids is 2. The van der Waals surface area contributed by atoms with Crippen LogP contribution in [0.4, 0.5) is 5.69 Å².